The molecule has 2 aliphatic rings. The molecule has 0 aromatic heterocycles. The molecule has 1 saturated carbocycles. The maximum atomic E-state index is 12.3. The molecule has 18 heavy (non-hydrogen) atoms. The Morgan fingerprint density at radius 3 is 2.72 bits per heavy atom. The predicted octanol–water partition coefficient (Wildman–Crippen LogP) is 3.18. The first kappa shape index (κ1) is 11.4. The van der Waals surface area contributed by atoms with Crippen LogP contribution in [-0.4, -0.2) is 18.0 Å². The molecule has 0 N–H and O–H groups in total. The fourth-order valence-electron chi connectivity index (χ4n) is 2.52. The molecular weight excluding hydrogens is 242 g/mol. The van der Waals surface area contributed by atoms with Gasteiger partial charge in [-0.05, 0) is 31.4 Å². The molecule has 1 aromatic carbocycles. The van der Waals surface area contributed by atoms with Crippen LogP contribution in [0.15, 0.2) is 18.2 Å². The van der Waals surface area contributed by atoms with Crippen molar-refractivity contribution in [3.8, 4) is 11.5 Å². The Hall–Kier alpha value is -1.65. The van der Waals surface area contributed by atoms with Crippen LogP contribution in [0.4, 0.5) is 8.78 Å². The fourth-order valence-corrected chi connectivity index (χ4v) is 2.52. The molecule has 5 heteroatoms. The van der Waals surface area contributed by atoms with Gasteiger partial charge in [0, 0.05) is 0 Å². The van der Waals surface area contributed by atoms with E-state index in [4.69, 9.17) is 4.74 Å². The summed E-state index contributed by atoms with van der Waals surface area (Å²) in [5.41, 5.74) is -0.142. The first-order valence-electron chi connectivity index (χ1n) is 5.90. The molecule has 0 amide bonds. The van der Waals surface area contributed by atoms with Gasteiger partial charge in [0.1, 0.15) is 5.60 Å². The molecule has 1 fully saturated rings. The van der Waals surface area contributed by atoms with Crippen LogP contribution in [0.25, 0.3) is 0 Å². The Morgan fingerprint density at radius 2 is 2.11 bits per heavy atom. The van der Waals surface area contributed by atoms with Gasteiger partial charge in [0.05, 0.1) is 12.0 Å². The van der Waals surface area contributed by atoms with Gasteiger partial charge in [-0.1, -0.05) is 6.07 Å². The molecule has 0 radical (unpaired) electrons. The van der Waals surface area contributed by atoms with Gasteiger partial charge in [0.25, 0.3) is 0 Å². The summed E-state index contributed by atoms with van der Waals surface area (Å²) in [4.78, 5) is 12.0. The zero-order valence-electron chi connectivity index (χ0n) is 9.62. The van der Waals surface area contributed by atoms with E-state index in [2.05, 4.69) is 4.74 Å². The van der Waals surface area contributed by atoms with Crippen molar-refractivity contribution in [1.29, 1.82) is 0 Å². The number of halogens is 2. The second kappa shape index (κ2) is 3.93. The summed E-state index contributed by atoms with van der Waals surface area (Å²) in [6.07, 6.45) is 2.92. The summed E-state index contributed by atoms with van der Waals surface area (Å²) in [5, 5.41) is 0. The van der Waals surface area contributed by atoms with Crippen LogP contribution >= 0.6 is 0 Å². The van der Waals surface area contributed by atoms with Gasteiger partial charge >= 0.3 is 6.61 Å². The number of fused-ring (bicyclic) bond motifs is 1. The maximum Gasteiger partial charge on any atom is 0.387 e. The zero-order valence-corrected chi connectivity index (χ0v) is 9.62. The van der Waals surface area contributed by atoms with Crippen molar-refractivity contribution < 1.29 is 23.0 Å². The zero-order chi connectivity index (χ0) is 12.8. The number of ketones is 1. The van der Waals surface area contributed by atoms with Crippen molar-refractivity contribution in [1.82, 2.24) is 0 Å². The van der Waals surface area contributed by atoms with Gasteiger partial charge in [-0.25, -0.2) is 0 Å². The minimum absolute atomic E-state index is 0.0539. The third-order valence-electron chi connectivity index (χ3n) is 3.56. The second-order valence-corrected chi connectivity index (χ2v) is 4.75. The molecule has 1 heterocycles. The third kappa shape index (κ3) is 1.74. The molecule has 0 atom stereocenters. The number of Topliss-reactive ketones (excluding diaryl/α,β-unsaturated/α-hetero) is 1. The average Bonchev–Trinajstić information content (AvgIpc) is 2.27. The summed E-state index contributed by atoms with van der Waals surface area (Å²) in [6, 6.07) is 4.51. The van der Waals surface area contributed by atoms with Crippen molar-refractivity contribution in [3.63, 3.8) is 0 Å². The summed E-state index contributed by atoms with van der Waals surface area (Å²) >= 11 is 0. The smallest absolute Gasteiger partial charge is 0.387 e. The lowest BCUT2D eigenvalue weighted by Gasteiger charge is -2.44. The third-order valence-corrected chi connectivity index (χ3v) is 3.56. The van der Waals surface area contributed by atoms with Crippen LogP contribution in [0.2, 0.25) is 0 Å². The monoisotopic (exact) mass is 254 g/mol. The lowest BCUT2D eigenvalue weighted by Crippen LogP contribution is -2.47. The van der Waals surface area contributed by atoms with Crippen LogP contribution in [0.1, 0.15) is 36.0 Å². The van der Waals surface area contributed by atoms with Crippen LogP contribution < -0.4 is 9.47 Å². The SMILES string of the molecule is O=C1CC2(CCC2)Oc2c(OC(F)F)cccc21. The standard InChI is InChI=1S/C13H12F2O3/c14-12(15)17-10-4-1-3-8-9(16)7-13(5-2-6-13)18-11(8)10/h1,3-4,12H,2,5-7H2. The van der Waals surface area contributed by atoms with E-state index in [9.17, 15) is 13.6 Å². The number of benzene rings is 1. The largest absolute Gasteiger partial charge is 0.482 e. The normalized spacial score (nSPS) is 20.3. The molecule has 1 aliphatic carbocycles. The molecule has 0 bridgehead atoms. The quantitative estimate of drug-likeness (QED) is 0.813. The Labute approximate surface area is 103 Å². The number of carbonyl (C=O) groups excluding carboxylic acids is 1. The number of carbonyl (C=O) groups is 1. The molecule has 3 rings (SSSR count). The average molecular weight is 254 g/mol. The van der Waals surface area contributed by atoms with Crippen molar-refractivity contribution in [2.24, 2.45) is 0 Å². The van der Waals surface area contributed by atoms with E-state index in [1.807, 2.05) is 0 Å². The molecule has 1 aromatic rings. The van der Waals surface area contributed by atoms with E-state index in [-0.39, 0.29) is 17.3 Å². The minimum atomic E-state index is -2.92. The molecule has 1 spiro atoms. The number of para-hydroxylation sites is 1. The minimum Gasteiger partial charge on any atom is -0.482 e. The Bertz CT molecular complexity index is 495. The molecule has 3 nitrogen and oxygen atoms in total. The van der Waals surface area contributed by atoms with Gasteiger partial charge < -0.3 is 9.47 Å². The topological polar surface area (TPSA) is 35.5 Å². The molecule has 0 unspecified atom stereocenters. The fraction of sp³-hybridized carbons (Fsp3) is 0.462. The number of ether oxygens (including phenoxy) is 2. The van der Waals surface area contributed by atoms with Gasteiger partial charge in [-0.15, -0.1) is 0 Å². The van der Waals surface area contributed by atoms with Crippen molar-refractivity contribution >= 4 is 5.78 Å². The van der Waals surface area contributed by atoms with Crippen LogP contribution in [-0.2, 0) is 0 Å². The van der Waals surface area contributed by atoms with Gasteiger partial charge in [-0.2, -0.15) is 8.78 Å². The Balaban J connectivity index is 2.00. The van der Waals surface area contributed by atoms with E-state index in [0.717, 1.165) is 19.3 Å². The lowest BCUT2D eigenvalue weighted by atomic mass is 9.74. The maximum absolute atomic E-state index is 12.3. The summed E-state index contributed by atoms with van der Waals surface area (Å²) in [6.45, 7) is -2.92. The highest BCUT2D eigenvalue weighted by molar-refractivity contribution is 6.01. The number of alkyl halides is 2. The first-order valence-corrected chi connectivity index (χ1v) is 5.90. The van der Waals surface area contributed by atoms with Crippen molar-refractivity contribution in [2.45, 2.75) is 37.9 Å². The van der Waals surface area contributed by atoms with E-state index < -0.39 is 12.2 Å². The molecule has 0 saturated heterocycles. The first-order chi connectivity index (χ1) is 8.60. The summed E-state index contributed by atoms with van der Waals surface area (Å²) < 4.78 is 34.8. The Kier molecular flexibility index (Phi) is 2.50. The number of rotatable bonds is 2. The van der Waals surface area contributed by atoms with E-state index in [1.54, 1.807) is 6.07 Å². The highest BCUT2D eigenvalue weighted by Crippen LogP contribution is 2.48. The van der Waals surface area contributed by atoms with Gasteiger partial charge in [0.2, 0.25) is 0 Å². The summed E-state index contributed by atoms with van der Waals surface area (Å²) in [5.74, 6) is 0.0613. The van der Waals surface area contributed by atoms with E-state index in [0.29, 0.717) is 12.0 Å². The van der Waals surface area contributed by atoms with Gasteiger partial charge in [-0.3, -0.25) is 4.79 Å². The summed E-state index contributed by atoms with van der Waals surface area (Å²) in [7, 11) is 0. The van der Waals surface area contributed by atoms with Crippen LogP contribution in [0.3, 0.4) is 0 Å². The van der Waals surface area contributed by atoms with Crippen molar-refractivity contribution in [2.75, 3.05) is 0 Å². The Morgan fingerprint density at radius 1 is 1.33 bits per heavy atom. The van der Waals surface area contributed by atoms with Crippen LogP contribution in [0.5, 0.6) is 11.5 Å². The van der Waals surface area contributed by atoms with Crippen LogP contribution in [0, 0.1) is 0 Å². The molecular formula is C13H12F2O3. The second-order valence-electron chi connectivity index (χ2n) is 4.75. The predicted molar refractivity (Wildman–Crippen MR) is 59.2 cm³/mol. The highest BCUT2D eigenvalue weighted by Gasteiger charge is 2.46. The number of hydrogen-bond donors (Lipinski definition) is 0. The molecule has 1 aliphatic heterocycles. The van der Waals surface area contributed by atoms with E-state index >= 15 is 0 Å². The van der Waals surface area contributed by atoms with Gasteiger partial charge in [0.15, 0.2) is 17.3 Å². The lowest BCUT2D eigenvalue weighted by molar-refractivity contribution is -0.0600. The molecule has 96 valence electrons. The highest BCUT2D eigenvalue weighted by atomic mass is 19.3. The number of hydrogen-bond acceptors (Lipinski definition) is 3. The van der Waals surface area contributed by atoms with Crippen molar-refractivity contribution in [3.05, 3.63) is 23.8 Å². The van der Waals surface area contributed by atoms with E-state index in [1.165, 1.54) is 12.1 Å².